The number of nitrogens with one attached hydrogen (secondary N) is 1. The molecule has 3 aromatic rings. The highest BCUT2D eigenvalue weighted by Crippen LogP contribution is 2.35. The minimum atomic E-state index is -3.48. The second-order valence-electron chi connectivity index (χ2n) is 7.69. The number of hydrogen-bond donors (Lipinski definition) is 1. The molecule has 178 valence electrons. The average Bonchev–Trinajstić information content (AvgIpc) is 3.10. The van der Waals surface area contributed by atoms with Crippen LogP contribution in [-0.4, -0.2) is 36.3 Å². The average molecular weight is 481 g/mol. The van der Waals surface area contributed by atoms with Crippen LogP contribution < -0.4 is 4.72 Å². The molecule has 1 N–H and O–H groups in total. The number of anilines is 1. The zero-order valence-corrected chi connectivity index (χ0v) is 20.6. The number of sulfonamides is 1. The van der Waals surface area contributed by atoms with E-state index in [1.807, 2.05) is 6.92 Å². The summed E-state index contributed by atoms with van der Waals surface area (Å²) in [5.41, 5.74) is 4.30. The van der Waals surface area contributed by atoms with Gasteiger partial charge in [-0.3, -0.25) is 9.71 Å². The molecule has 3 rings (SSSR count). The van der Waals surface area contributed by atoms with Gasteiger partial charge in [0, 0.05) is 30.1 Å². The molecule has 0 unspecified atom stereocenters. The fraction of sp³-hybridized carbons (Fsp3) is 0.320. The van der Waals surface area contributed by atoms with Crippen LogP contribution in [0.25, 0.3) is 22.4 Å². The molecule has 8 nitrogen and oxygen atoms in total. The highest BCUT2D eigenvalue weighted by Gasteiger charge is 2.27. The fourth-order valence-corrected chi connectivity index (χ4v) is 5.13. The van der Waals surface area contributed by atoms with E-state index in [1.54, 1.807) is 68.1 Å². The summed E-state index contributed by atoms with van der Waals surface area (Å²) in [6.07, 6.45) is 2.68. The Balaban J connectivity index is 2.09. The lowest BCUT2D eigenvalue weighted by Crippen LogP contribution is -2.16. The van der Waals surface area contributed by atoms with Gasteiger partial charge in [-0.1, -0.05) is 38.1 Å². The Morgan fingerprint density at radius 1 is 1.15 bits per heavy atom. The van der Waals surface area contributed by atoms with Crippen LogP contribution in [0.4, 0.5) is 5.69 Å². The van der Waals surface area contributed by atoms with Crippen molar-refractivity contribution in [2.24, 2.45) is 7.05 Å². The Bertz CT molecular complexity index is 1340. The number of carbonyl (C=O) groups excluding carboxylic acids is 1. The zero-order chi connectivity index (χ0) is 24.9. The van der Waals surface area contributed by atoms with Crippen LogP contribution in [0.2, 0.25) is 0 Å². The van der Waals surface area contributed by atoms with Crippen LogP contribution in [0, 0.1) is 11.3 Å². The molecule has 0 aliphatic rings. The van der Waals surface area contributed by atoms with Crippen molar-refractivity contribution in [1.82, 2.24) is 9.55 Å². The molecule has 0 amide bonds. The molecule has 1 aromatic carbocycles. The monoisotopic (exact) mass is 480 g/mol. The first kappa shape index (κ1) is 25.0. The van der Waals surface area contributed by atoms with Crippen molar-refractivity contribution >= 4 is 21.7 Å². The van der Waals surface area contributed by atoms with E-state index in [4.69, 9.17) is 4.74 Å². The summed E-state index contributed by atoms with van der Waals surface area (Å²) in [5.74, 6) is -0.473. The van der Waals surface area contributed by atoms with E-state index in [0.717, 1.165) is 5.69 Å². The van der Waals surface area contributed by atoms with E-state index in [1.165, 1.54) is 0 Å². The SMILES string of the molecule is CCCS(=O)(=O)Nc1cccnc1-c1ccc(-c2c(C#N)c(CC)n(C)c2C(=O)OCC)cc1. The Labute approximate surface area is 200 Å². The summed E-state index contributed by atoms with van der Waals surface area (Å²) in [6, 6.07) is 12.8. The summed E-state index contributed by atoms with van der Waals surface area (Å²) in [5, 5.41) is 9.87. The lowest BCUT2D eigenvalue weighted by molar-refractivity contribution is 0.0516. The van der Waals surface area contributed by atoms with Crippen molar-refractivity contribution in [2.75, 3.05) is 17.1 Å². The van der Waals surface area contributed by atoms with Crippen LogP contribution in [0.1, 0.15) is 48.9 Å². The minimum absolute atomic E-state index is 0.0155. The predicted molar refractivity (Wildman–Crippen MR) is 132 cm³/mol. The maximum atomic E-state index is 12.7. The van der Waals surface area contributed by atoms with E-state index in [0.29, 0.717) is 52.2 Å². The van der Waals surface area contributed by atoms with Gasteiger partial charge in [0.05, 0.1) is 29.3 Å². The molecule has 2 heterocycles. The minimum Gasteiger partial charge on any atom is -0.461 e. The van der Waals surface area contributed by atoms with Crippen LogP contribution >= 0.6 is 0 Å². The summed E-state index contributed by atoms with van der Waals surface area (Å²) < 4.78 is 34.2. The second kappa shape index (κ2) is 10.5. The number of hydrogen-bond acceptors (Lipinski definition) is 6. The molecule has 0 saturated heterocycles. The molecule has 0 bridgehead atoms. The molecule has 0 spiro atoms. The van der Waals surface area contributed by atoms with E-state index in [9.17, 15) is 18.5 Å². The highest BCUT2D eigenvalue weighted by molar-refractivity contribution is 7.92. The largest absolute Gasteiger partial charge is 0.461 e. The molecule has 0 aliphatic heterocycles. The molecule has 9 heteroatoms. The number of benzene rings is 1. The summed E-state index contributed by atoms with van der Waals surface area (Å²) in [6.45, 7) is 5.69. The van der Waals surface area contributed by atoms with Crippen LogP contribution in [0.15, 0.2) is 42.6 Å². The lowest BCUT2D eigenvalue weighted by Gasteiger charge is -2.12. The number of aromatic nitrogens is 2. The number of nitrogens with zero attached hydrogens (tertiary/aromatic N) is 3. The third-order valence-corrected chi connectivity index (χ3v) is 6.90. The van der Waals surface area contributed by atoms with Gasteiger partial charge in [-0.15, -0.1) is 0 Å². The van der Waals surface area contributed by atoms with Gasteiger partial charge >= 0.3 is 5.97 Å². The van der Waals surface area contributed by atoms with Gasteiger partial charge in [-0.2, -0.15) is 5.26 Å². The maximum absolute atomic E-state index is 12.7. The summed E-state index contributed by atoms with van der Waals surface area (Å²) >= 11 is 0. The van der Waals surface area contributed by atoms with Crippen molar-refractivity contribution in [3.8, 4) is 28.5 Å². The van der Waals surface area contributed by atoms with Crippen molar-refractivity contribution in [3.05, 3.63) is 59.5 Å². The number of nitriles is 1. The van der Waals surface area contributed by atoms with Crippen LogP contribution in [0.5, 0.6) is 0 Å². The number of esters is 1. The molecule has 0 atom stereocenters. The van der Waals surface area contributed by atoms with E-state index in [2.05, 4.69) is 15.8 Å². The van der Waals surface area contributed by atoms with Gasteiger partial charge in [0.1, 0.15) is 11.8 Å². The van der Waals surface area contributed by atoms with Crippen LogP contribution in [0.3, 0.4) is 0 Å². The van der Waals surface area contributed by atoms with Gasteiger partial charge in [-0.05, 0) is 37.5 Å². The van der Waals surface area contributed by atoms with Gasteiger partial charge in [0.2, 0.25) is 10.0 Å². The maximum Gasteiger partial charge on any atom is 0.355 e. The number of pyridine rings is 1. The molecule has 34 heavy (non-hydrogen) atoms. The van der Waals surface area contributed by atoms with Crippen molar-refractivity contribution in [3.63, 3.8) is 0 Å². The van der Waals surface area contributed by atoms with Gasteiger partial charge in [0.15, 0.2) is 0 Å². The smallest absolute Gasteiger partial charge is 0.355 e. The summed E-state index contributed by atoms with van der Waals surface area (Å²) in [7, 11) is -1.72. The quantitative estimate of drug-likeness (QED) is 0.451. The van der Waals surface area contributed by atoms with E-state index in [-0.39, 0.29) is 12.4 Å². The molecule has 0 saturated carbocycles. The van der Waals surface area contributed by atoms with Crippen LogP contribution in [-0.2, 0) is 28.2 Å². The predicted octanol–water partition coefficient (Wildman–Crippen LogP) is 4.52. The Hall–Kier alpha value is -3.64. The number of carbonyl (C=O) groups is 1. The standard InChI is InChI=1S/C25H28N4O4S/c1-5-15-34(31,32)28-20-9-8-14-27-23(20)18-12-10-17(11-13-18)22-19(16-26)21(6-2)29(4)24(22)25(30)33-7-3/h8-14,28H,5-7,15H2,1-4H3. The van der Waals surface area contributed by atoms with Crippen molar-refractivity contribution in [2.45, 2.75) is 33.6 Å². The topological polar surface area (TPSA) is 114 Å². The first-order valence-electron chi connectivity index (χ1n) is 11.1. The highest BCUT2D eigenvalue weighted by atomic mass is 32.2. The Morgan fingerprint density at radius 2 is 1.82 bits per heavy atom. The Kier molecular flexibility index (Phi) is 7.74. The third kappa shape index (κ3) is 4.97. The van der Waals surface area contributed by atoms with Gasteiger partial charge in [0.25, 0.3) is 0 Å². The van der Waals surface area contributed by atoms with Crippen molar-refractivity contribution < 1.29 is 17.9 Å². The first-order chi connectivity index (χ1) is 16.3. The van der Waals surface area contributed by atoms with Gasteiger partial charge < -0.3 is 9.30 Å². The normalized spacial score (nSPS) is 11.1. The van der Waals surface area contributed by atoms with Gasteiger partial charge in [-0.25, -0.2) is 13.2 Å². The zero-order valence-electron chi connectivity index (χ0n) is 19.8. The molecule has 0 radical (unpaired) electrons. The summed E-state index contributed by atoms with van der Waals surface area (Å²) in [4.78, 5) is 17.1. The Morgan fingerprint density at radius 3 is 2.41 bits per heavy atom. The lowest BCUT2D eigenvalue weighted by atomic mass is 9.98. The molecule has 2 aromatic heterocycles. The number of rotatable bonds is 9. The van der Waals surface area contributed by atoms with E-state index >= 15 is 0 Å². The fourth-order valence-electron chi connectivity index (χ4n) is 3.99. The first-order valence-corrected chi connectivity index (χ1v) is 12.8. The number of ether oxygens (including phenoxy) is 1. The van der Waals surface area contributed by atoms with Crippen molar-refractivity contribution in [1.29, 1.82) is 5.26 Å². The molecular formula is C25H28N4O4S. The second-order valence-corrected chi connectivity index (χ2v) is 9.53. The van der Waals surface area contributed by atoms with E-state index < -0.39 is 16.0 Å². The molecular weight excluding hydrogens is 452 g/mol. The molecule has 0 aliphatic carbocycles. The third-order valence-electron chi connectivity index (χ3n) is 5.42. The molecule has 0 fully saturated rings.